The maximum atomic E-state index is 11.6. The largest absolute Gasteiger partial charge is 0.480 e. The molecule has 1 atom stereocenters. The molecular formula is C16H21NO3. The van der Waals surface area contributed by atoms with Crippen molar-refractivity contribution < 1.29 is 14.7 Å². The second-order valence-electron chi connectivity index (χ2n) is 4.96. The number of benzene rings is 1. The number of carboxylic acid groups (broad SMARTS) is 1. The molecule has 1 rings (SSSR count). The summed E-state index contributed by atoms with van der Waals surface area (Å²) >= 11 is 0. The Balaban J connectivity index is 2.63. The Labute approximate surface area is 119 Å². The molecule has 0 aliphatic heterocycles. The van der Waals surface area contributed by atoms with Crippen LogP contribution in [0.25, 0.3) is 6.08 Å². The molecule has 20 heavy (non-hydrogen) atoms. The lowest BCUT2D eigenvalue weighted by Crippen LogP contribution is -2.39. The Morgan fingerprint density at radius 3 is 2.30 bits per heavy atom. The Morgan fingerprint density at radius 2 is 1.85 bits per heavy atom. The van der Waals surface area contributed by atoms with Crippen molar-refractivity contribution in [3.63, 3.8) is 0 Å². The number of amides is 1. The molecule has 4 nitrogen and oxygen atoms in total. The molecule has 0 saturated heterocycles. The Bertz CT molecular complexity index is 489. The van der Waals surface area contributed by atoms with E-state index < -0.39 is 17.9 Å². The molecule has 1 unspecified atom stereocenters. The molecule has 1 amide bonds. The first kappa shape index (κ1) is 16.0. The van der Waals surface area contributed by atoms with Gasteiger partial charge in [0.1, 0.15) is 6.04 Å². The summed E-state index contributed by atoms with van der Waals surface area (Å²) in [6.45, 7) is 5.96. The average molecular weight is 275 g/mol. The third-order valence-corrected chi connectivity index (χ3v) is 3.05. The number of hydrogen-bond acceptors (Lipinski definition) is 2. The van der Waals surface area contributed by atoms with Gasteiger partial charge in [0.2, 0.25) is 5.91 Å². The van der Waals surface area contributed by atoms with E-state index >= 15 is 0 Å². The van der Waals surface area contributed by atoms with Crippen molar-refractivity contribution in [2.24, 2.45) is 0 Å². The first-order valence-electron chi connectivity index (χ1n) is 6.75. The van der Waals surface area contributed by atoms with Crippen LogP contribution in [0.3, 0.4) is 0 Å². The monoisotopic (exact) mass is 275 g/mol. The fourth-order valence-electron chi connectivity index (χ4n) is 1.72. The lowest BCUT2D eigenvalue weighted by molar-refractivity contribution is -0.141. The predicted molar refractivity (Wildman–Crippen MR) is 79.4 cm³/mol. The second kappa shape index (κ2) is 7.48. The Morgan fingerprint density at radius 1 is 1.25 bits per heavy atom. The minimum absolute atomic E-state index is 0.359. The number of carbonyl (C=O) groups is 2. The van der Waals surface area contributed by atoms with Gasteiger partial charge in [-0.05, 0) is 29.5 Å². The zero-order valence-corrected chi connectivity index (χ0v) is 12.1. The lowest BCUT2D eigenvalue weighted by atomic mass is 10.0. The molecule has 0 bridgehead atoms. The zero-order chi connectivity index (χ0) is 15.1. The van der Waals surface area contributed by atoms with E-state index in [0.29, 0.717) is 12.3 Å². The molecule has 4 heteroatoms. The van der Waals surface area contributed by atoms with E-state index in [4.69, 9.17) is 5.11 Å². The summed E-state index contributed by atoms with van der Waals surface area (Å²) in [5, 5.41) is 11.3. The quantitative estimate of drug-likeness (QED) is 0.784. The summed E-state index contributed by atoms with van der Waals surface area (Å²) in [4.78, 5) is 22.4. The first-order valence-corrected chi connectivity index (χ1v) is 6.75. The van der Waals surface area contributed by atoms with Crippen molar-refractivity contribution >= 4 is 18.0 Å². The van der Waals surface area contributed by atoms with Crippen LogP contribution in [0.2, 0.25) is 0 Å². The highest BCUT2D eigenvalue weighted by Gasteiger charge is 2.15. The van der Waals surface area contributed by atoms with Crippen molar-refractivity contribution in [2.45, 2.75) is 39.2 Å². The molecule has 1 aromatic carbocycles. The van der Waals surface area contributed by atoms with E-state index in [9.17, 15) is 9.59 Å². The molecule has 0 aliphatic rings. The van der Waals surface area contributed by atoms with Gasteiger partial charge in [0.15, 0.2) is 0 Å². The summed E-state index contributed by atoms with van der Waals surface area (Å²) in [6, 6.07) is 7.08. The van der Waals surface area contributed by atoms with Crippen LogP contribution in [-0.4, -0.2) is 23.0 Å². The molecule has 0 fully saturated rings. The molecule has 0 aromatic heterocycles. The van der Waals surface area contributed by atoms with Crippen LogP contribution >= 0.6 is 0 Å². The standard InChI is InChI=1S/C16H21NO3/c1-4-14(16(19)20)17-15(18)10-7-12-5-8-13(9-6-12)11(2)3/h5-11,14H,4H2,1-3H3,(H,17,18)(H,19,20)/b10-7+. The van der Waals surface area contributed by atoms with Gasteiger partial charge in [-0.15, -0.1) is 0 Å². The lowest BCUT2D eigenvalue weighted by Gasteiger charge is -2.09. The van der Waals surface area contributed by atoms with Gasteiger partial charge in [-0.2, -0.15) is 0 Å². The summed E-state index contributed by atoms with van der Waals surface area (Å²) in [6.07, 6.45) is 3.39. The van der Waals surface area contributed by atoms with Crippen LogP contribution in [0.4, 0.5) is 0 Å². The number of hydrogen-bond donors (Lipinski definition) is 2. The third kappa shape index (κ3) is 4.88. The zero-order valence-electron chi connectivity index (χ0n) is 12.1. The number of nitrogens with one attached hydrogen (secondary N) is 1. The minimum atomic E-state index is -1.02. The van der Waals surface area contributed by atoms with Crippen LogP contribution in [-0.2, 0) is 9.59 Å². The van der Waals surface area contributed by atoms with Gasteiger partial charge in [-0.1, -0.05) is 45.0 Å². The normalized spacial score (nSPS) is 12.6. The van der Waals surface area contributed by atoms with Crippen LogP contribution < -0.4 is 5.32 Å². The topological polar surface area (TPSA) is 66.4 Å². The average Bonchev–Trinajstić information content (AvgIpc) is 2.42. The highest BCUT2D eigenvalue weighted by molar-refractivity contribution is 5.94. The van der Waals surface area contributed by atoms with Gasteiger partial charge >= 0.3 is 5.97 Å². The maximum absolute atomic E-state index is 11.6. The Kier molecular flexibility index (Phi) is 5.97. The molecule has 0 saturated carbocycles. The molecule has 0 heterocycles. The molecule has 2 N–H and O–H groups in total. The van der Waals surface area contributed by atoms with E-state index in [1.807, 2.05) is 24.3 Å². The van der Waals surface area contributed by atoms with Gasteiger partial charge in [0.25, 0.3) is 0 Å². The summed E-state index contributed by atoms with van der Waals surface area (Å²) in [7, 11) is 0. The van der Waals surface area contributed by atoms with E-state index in [1.165, 1.54) is 11.6 Å². The summed E-state index contributed by atoms with van der Waals surface area (Å²) in [5.41, 5.74) is 2.15. The van der Waals surface area contributed by atoms with Crippen LogP contribution in [0.15, 0.2) is 30.3 Å². The van der Waals surface area contributed by atoms with Gasteiger partial charge < -0.3 is 10.4 Å². The highest BCUT2D eigenvalue weighted by Crippen LogP contribution is 2.15. The van der Waals surface area contributed by atoms with Gasteiger partial charge in [-0.25, -0.2) is 4.79 Å². The second-order valence-corrected chi connectivity index (χ2v) is 4.96. The summed E-state index contributed by atoms with van der Waals surface area (Å²) < 4.78 is 0. The Hall–Kier alpha value is -2.10. The number of aliphatic carboxylic acids is 1. The fraction of sp³-hybridized carbons (Fsp3) is 0.375. The minimum Gasteiger partial charge on any atom is -0.480 e. The number of carbonyl (C=O) groups excluding carboxylic acids is 1. The maximum Gasteiger partial charge on any atom is 0.326 e. The predicted octanol–water partition coefficient (Wildman–Crippen LogP) is 2.80. The number of carboxylic acids is 1. The van der Waals surface area contributed by atoms with Crippen molar-refractivity contribution in [2.75, 3.05) is 0 Å². The van der Waals surface area contributed by atoms with Gasteiger partial charge in [0.05, 0.1) is 0 Å². The van der Waals surface area contributed by atoms with Crippen LogP contribution in [0, 0.1) is 0 Å². The molecule has 0 spiro atoms. The van der Waals surface area contributed by atoms with E-state index in [1.54, 1.807) is 13.0 Å². The van der Waals surface area contributed by atoms with E-state index in [-0.39, 0.29) is 0 Å². The summed E-state index contributed by atoms with van der Waals surface area (Å²) in [5.74, 6) is -0.945. The SMILES string of the molecule is CCC(NC(=O)/C=C/c1ccc(C(C)C)cc1)C(=O)O. The van der Waals surface area contributed by atoms with Crippen molar-refractivity contribution in [1.29, 1.82) is 0 Å². The third-order valence-electron chi connectivity index (χ3n) is 3.05. The molecule has 108 valence electrons. The van der Waals surface area contributed by atoms with Gasteiger partial charge in [0, 0.05) is 6.08 Å². The van der Waals surface area contributed by atoms with E-state index in [2.05, 4.69) is 19.2 Å². The van der Waals surface area contributed by atoms with Crippen molar-refractivity contribution in [3.05, 3.63) is 41.5 Å². The smallest absolute Gasteiger partial charge is 0.326 e. The van der Waals surface area contributed by atoms with Crippen LogP contribution in [0.1, 0.15) is 44.2 Å². The van der Waals surface area contributed by atoms with Crippen molar-refractivity contribution in [1.82, 2.24) is 5.32 Å². The molecular weight excluding hydrogens is 254 g/mol. The molecule has 1 aromatic rings. The van der Waals surface area contributed by atoms with E-state index in [0.717, 1.165) is 5.56 Å². The van der Waals surface area contributed by atoms with Gasteiger partial charge in [-0.3, -0.25) is 4.79 Å². The molecule has 0 aliphatic carbocycles. The molecule has 0 radical (unpaired) electrons. The highest BCUT2D eigenvalue weighted by atomic mass is 16.4. The van der Waals surface area contributed by atoms with Crippen molar-refractivity contribution in [3.8, 4) is 0 Å². The fourth-order valence-corrected chi connectivity index (χ4v) is 1.72. The number of rotatable bonds is 6. The first-order chi connectivity index (χ1) is 9.43. The van der Waals surface area contributed by atoms with Crippen LogP contribution in [0.5, 0.6) is 0 Å².